The standard InChI is InChI=1S/C12H16ClNO5/c1-12(2,3)19-11(16)14-6-8-4-5-9(18-8)10(15)17-7-13/h4-5H,6-7H2,1-3H3,(H,14,16). The van der Waals surface area contributed by atoms with E-state index in [1.54, 1.807) is 26.8 Å². The summed E-state index contributed by atoms with van der Waals surface area (Å²) in [5.41, 5.74) is -0.567. The highest BCUT2D eigenvalue weighted by Gasteiger charge is 2.17. The molecular weight excluding hydrogens is 274 g/mol. The highest BCUT2D eigenvalue weighted by Crippen LogP contribution is 2.10. The highest BCUT2D eigenvalue weighted by atomic mass is 35.5. The molecule has 0 saturated carbocycles. The number of alkyl carbamates (subject to hydrolysis) is 1. The van der Waals surface area contributed by atoms with Crippen LogP contribution in [-0.2, 0) is 16.0 Å². The Labute approximate surface area is 116 Å². The molecule has 1 rings (SSSR count). The zero-order valence-corrected chi connectivity index (χ0v) is 11.7. The average molecular weight is 290 g/mol. The summed E-state index contributed by atoms with van der Waals surface area (Å²) < 4.78 is 14.8. The topological polar surface area (TPSA) is 77.8 Å². The third-order valence-electron chi connectivity index (χ3n) is 1.85. The summed E-state index contributed by atoms with van der Waals surface area (Å²) in [5.74, 6) is -0.215. The Hall–Kier alpha value is -1.69. The quantitative estimate of drug-likeness (QED) is 0.681. The van der Waals surface area contributed by atoms with E-state index in [2.05, 4.69) is 10.1 Å². The van der Waals surface area contributed by atoms with E-state index in [4.69, 9.17) is 20.8 Å². The molecule has 0 fully saturated rings. The van der Waals surface area contributed by atoms with E-state index >= 15 is 0 Å². The van der Waals surface area contributed by atoms with Gasteiger partial charge < -0.3 is 19.2 Å². The molecular formula is C12H16ClNO5. The van der Waals surface area contributed by atoms with E-state index in [1.165, 1.54) is 6.07 Å². The van der Waals surface area contributed by atoms with Crippen LogP contribution in [-0.4, -0.2) is 23.7 Å². The number of esters is 1. The fourth-order valence-electron chi connectivity index (χ4n) is 1.18. The Balaban J connectivity index is 2.46. The van der Waals surface area contributed by atoms with Gasteiger partial charge in [-0.2, -0.15) is 0 Å². The Morgan fingerprint density at radius 2 is 2.05 bits per heavy atom. The number of alkyl halides is 1. The van der Waals surface area contributed by atoms with Crippen molar-refractivity contribution in [3.63, 3.8) is 0 Å². The molecule has 6 nitrogen and oxygen atoms in total. The third-order valence-corrected chi connectivity index (χ3v) is 1.96. The lowest BCUT2D eigenvalue weighted by Gasteiger charge is -2.19. The second-order valence-corrected chi connectivity index (χ2v) is 4.88. The van der Waals surface area contributed by atoms with Crippen molar-refractivity contribution < 1.29 is 23.5 Å². The molecule has 0 saturated heterocycles. The number of amides is 1. The van der Waals surface area contributed by atoms with Crippen LogP contribution >= 0.6 is 11.6 Å². The van der Waals surface area contributed by atoms with Crippen molar-refractivity contribution in [1.29, 1.82) is 0 Å². The second-order valence-electron chi connectivity index (χ2n) is 4.66. The van der Waals surface area contributed by atoms with Gasteiger partial charge in [0.15, 0.2) is 6.07 Å². The molecule has 0 unspecified atom stereocenters. The summed E-state index contributed by atoms with van der Waals surface area (Å²) in [6.07, 6.45) is -0.561. The number of hydrogen-bond donors (Lipinski definition) is 1. The number of ether oxygens (including phenoxy) is 2. The van der Waals surface area contributed by atoms with Crippen LogP contribution in [0.3, 0.4) is 0 Å². The predicted octanol–water partition coefficient (Wildman–Crippen LogP) is 2.66. The molecule has 0 radical (unpaired) electrons. The molecule has 1 N–H and O–H groups in total. The normalized spacial score (nSPS) is 10.9. The summed E-state index contributed by atoms with van der Waals surface area (Å²) in [6, 6.07) is 2.76. The van der Waals surface area contributed by atoms with Gasteiger partial charge in [0.2, 0.25) is 5.76 Å². The first-order valence-electron chi connectivity index (χ1n) is 5.60. The van der Waals surface area contributed by atoms with Crippen LogP contribution in [0.25, 0.3) is 0 Å². The Morgan fingerprint density at radius 3 is 2.63 bits per heavy atom. The average Bonchev–Trinajstić information content (AvgIpc) is 2.73. The van der Waals surface area contributed by atoms with E-state index < -0.39 is 17.7 Å². The molecule has 106 valence electrons. The summed E-state index contributed by atoms with van der Waals surface area (Å²) in [4.78, 5) is 22.7. The number of furan rings is 1. The summed E-state index contributed by atoms with van der Waals surface area (Å²) in [5, 5.41) is 2.51. The molecule has 0 aliphatic heterocycles. The Bertz CT molecular complexity index is 449. The SMILES string of the molecule is CC(C)(C)OC(=O)NCc1ccc(C(=O)OCCl)o1. The molecule has 0 aromatic carbocycles. The van der Waals surface area contributed by atoms with Gasteiger partial charge in [-0.15, -0.1) is 0 Å². The van der Waals surface area contributed by atoms with Gasteiger partial charge in [-0.1, -0.05) is 11.6 Å². The van der Waals surface area contributed by atoms with Crippen molar-refractivity contribution in [2.24, 2.45) is 0 Å². The third kappa shape index (κ3) is 5.65. The maximum absolute atomic E-state index is 11.4. The van der Waals surface area contributed by atoms with E-state index in [-0.39, 0.29) is 18.4 Å². The molecule has 1 aromatic rings. The van der Waals surface area contributed by atoms with Crippen LogP contribution in [0.2, 0.25) is 0 Å². The number of carbonyl (C=O) groups is 2. The van der Waals surface area contributed by atoms with Crippen molar-refractivity contribution in [2.75, 3.05) is 6.07 Å². The van der Waals surface area contributed by atoms with Crippen molar-refractivity contribution in [2.45, 2.75) is 32.9 Å². The molecule has 0 spiro atoms. The first kappa shape index (κ1) is 15.4. The van der Waals surface area contributed by atoms with Crippen molar-refractivity contribution in [1.82, 2.24) is 5.32 Å². The number of rotatable bonds is 4. The molecule has 0 bridgehead atoms. The van der Waals surface area contributed by atoms with Crippen LogP contribution < -0.4 is 5.32 Å². The zero-order chi connectivity index (χ0) is 14.5. The smallest absolute Gasteiger partial charge is 0.408 e. The fraction of sp³-hybridized carbons (Fsp3) is 0.500. The Kier molecular flexibility index (Phi) is 5.23. The van der Waals surface area contributed by atoms with Gasteiger partial charge in [-0.05, 0) is 32.9 Å². The van der Waals surface area contributed by atoms with Gasteiger partial charge in [0, 0.05) is 0 Å². The van der Waals surface area contributed by atoms with Crippen LogP contribution in [0.4, 0.5) is 4.79 Å². The molecule has 1 heterocycles. The number of hydrogen-bond acceptors (Lipinski definition) is 5. The van der Waals surface area contributed by atoms with E-state index in [0.717, 1.165) is 0 Å². The van der Waals surface area contributed by atoms with E-state index in [9.17, 15) is 9.59 Å². The van der Waals surface area contributed by atoms with Gasteiger partial charge in [0.05, 0.1) is 6.54 Å². The van der Waals surface area contributed by atoms with E-state index in [0.29, 0.717) is 5.76 Å². The van der Waals surface area contributed by atoms with Gasteiger partial charge >= 0.3 is 12.1 Å². The predicted molar refractivity (Wildman–Crippen MR) is 67.9 cm³/mol. The molecule has 0 aliphatic carbocycles. The van der Waals surface area contributed by atoms with Gasteiger partial charge in [-0.25, -0.2) is 9.59 Å². The maximum Gasteiger partial charge on any atom is 0.408 e. The lowest BCUT2D eigenvalue weighted by Crippen LogP contribution is -2.32. The van der Waals surface area contributed by atoms with Crippen molar-refractivity contribution in [3.05, 3.63) is 23.7 Å². The lowest BCUT2D eigenvalue weighted by atomic mass is 10.2. The zero-order valence-electron chi connectivity index (χ0n) is 11.0. The number of halogens is 1. The maximum atomic E-state index is 11.4. The second kappa shape index (κ2) is 6.47. The lowest BCUT2D eigenvalue weighted by molar-refractivity contribution is 0.0519. The minimum atomic E-state index is -0.654. The molecule has 0 atom stereocenters. The molecule has 7 heteroatoms. The summed E-state index contributed by atoms with van der Waals surface area (Å²) >= 11 is 5.26. The number of nitrogens with one attached hydrogen (secondary N) is 1. The highest BCUT2D eigenvalue weighted by molar-refractivity contribution is 6.17. The van der Waals surface area contributed by atoms with E-state index in [1.807, 2.05) is 0 Å². The summed E-state index contributed by atoms with van der Waals surface area (Å²) in [6.45, 7) is 5.41. The first-order chi connectivity index (χ1) is 8.81. The minimum absolute atomic E-state index is 0.0293. The fourth-order valence-corrected chi connectivity index (χ4v) is 1.28. The van der Waals surface area contributed by atoms with Crippen molar-refractivity contribution >= 4 is 23.7 Å². The number of carbonyl (C=O) groups excluding carboxylic acids is 2. The van der Waals surface area contributed by atoms with Gasteiger partial charge in [-0.3, -0.25) is 0 Å². The van der Waals surface area contributed by atoms with Crippen molar-refractivity contribution in [3.8, 4) is 0 Å². The van der Waals surface area contributed by atoms with Crippen LogP contribution in [0.15, 0.2) is 16.5 Å². The molecule has 1 aromatic heterocycles. The first-order valence-corrected chi connectivity index (χ1v) is 6.14. The molecule has 19 heavy (non-hydrogen) atoms. The molecule has 1 amide bonds. The van der Waals surface area contributed by atoms with Crippen LogP contribution in [0.1, 0.15) is 37.1 Å². The minimum Gasteiger partial charge on any atom is -0.452 e. The van der Waals surface area contributed by atoms with Gasteiger partial charge in [0.25, 0.3) is 0 Å². The molecule has 0 aliphatic rings. The van der Waals surface area contributed by atoms with Crippen LogP contribution in [0.5, 0.6) is 0 Å². The monoisotopic (exact) mass is 289 g/mol. The summed E-state index contributed by atoms with van der Waals surface area (Å²) in [7, 11) is 0. The van der Waals surface area contributed by atoms with Gasteiger partial charge in [0.1, 0.15) is 11.4 Å². The van der Waals surface area contributed by atoms with Crippen LogP contribution in [0, 0.1) is 0 Å². The Morgan fingerprint density at radius 1 is 1.37 bits per heavy atom. The largest absolute Gasteiger partial charge is 0.452 e.